The lowest BCUT2D eigenvalue weighted by atomic mass is 9.98. The molecule has 2 rings (SSSR count). The Hall–Kier alpha value is -1.73. The maximum Gasteiger partial charge on any atom is 0.408 e. The van der Waals surface area contributed by atoms with Crippen LogP contribution in [0.4, 0.5) is 18.0 Å². The van der Waals surface area contributed by atoms with Crippen molar-refractivity contribution in [3.8, 4) is 0 Å². The van der Waals surface area contributed by atoms with Gasteiger partial charge in [-0.05, 0) is 25.7 Å². The van der Waals surface area contributed by atoms with Crippen LogP contribution in [0, 0.1) is 12.8 Å². The number of carbonyl (C=O) groups excluding carboxylic acids is 1. The van der Waals surface area contributed by atoms with Crippen molar-refractivity contribution in [1.82, 2.24) is 20.4 Å². The van der Waals surface area contributed by atoms with Crippen molar-refractivity contribution < 1.29 is 18.0 Å². The van der Waals surface area contributed by atoms with E-state index >= 15 is 0 Å². The number of urea groups is 1. The first-order chi connectivity index (χ1) is 10.3. The molecule has 0 radical (unpaired) electrons. The van der Waals surface area contributed by atoms with Crippen LogP contribution in [-0.2, 0) is 13.6 Å². The molecular formula is C14H21F3N4O. The van der Waals surface area contributed by atoms with Crippen LogP contribution in [0.15, 0.2) is 6.20 Å². The topological polar surface area (TPSA) is 59.0 Å². The minimum Gasteiger partial charge on any atom is -0.334 e. The van der Waals surface area contributed by atoms with Gasteiger partial charge in [-0.25, -0.2) is 4.79 Å². The molecule has 1 fully saturated rings. The van der Waals surface area contributed by atoms with Crippen LogP contribution in [0.2, 0.25) is 0 Å². The first-order valence-corrected chi connectivity index (χ1v) is 7.37. The Morgan fingerprint density at radius 3 is 2.59 bits per heavy atom. The number of aryl methyl sites for hydroxylation is 1. The third kappa shape index (κ3) is 3.92. The Morgan fingerprint density at radius 1 is 1.45 bits per heavy atom. The van der Waals surface area contributed by atoms with Crippen LogP contribution >= 0.6 is 0 Å². The fraction of sp³-hybridized carbons (Fsp3) is 0.714. The molecule has 1 aliphatic rings. The number of nitrogens with one attached hydrogen (secondary N) is 2. The van der Waals surface area contributed by atoms with E-state index in [-0.39, 0.29) is 6.54 Å². The van der Waals surface area contributed by atoms with Gasteiger partial charge in [0.1, 0.15) is 6.04 Å². The van der Waals surface area contributed by atoms with Crippen LogP contribution in [-0.4, -0.2) is 28.0 Å². The van der Waals surface area contributed by atoms with E-state index < -0.39 is 24.2 Å². The van der Waals surface area contributed by atoms with Gasteiger partial charge >= 0.3 is 12.2 Å². The SMILES string of the molecule is Cc1c(CNC(=O)N[C@H](C2CCCC2)C(F)(F)F)cnn1C. The van der Waals surface area contributed by atoms with Crippen LogP contribution in [0.25, 0.3) is 0 Å². The monoisotopic (exact) mass is 318 g/mol. The number of carbonyl (C=O) groups is 1. The zero-order chi connectivity index (χ0) is 16.3. The molecule has 1 aromatic heterocycles. The molecule has 1 saturated carbocycles. The van der Waals surface area contributed by atoms with E-state index in [4.69, 9.17) is 0 Å². The van der Waals surface area contributed by atoms with Gasteiger partial charge in [-0.1, -0.05) is 12.8 Å². The van der Waals surface area contributed by atoms with Crippen molar-refractivity contribution in [1.29, 1.82) is 0 Å². The normalized spacial score (nSPS) is 17.5. The summed E-state index contributed by atoms with van der Waals surface area (Å²) in [4.78, 5) is 11.8. The summed E-state index contributed by atoms with van der Waals surface area (Å²) in [6.07, 6.45) is -0.242. The van der Waals surface area contributed by atoms with E-state index in [1.54, 1.807) is 17.9 Å². The summed E-state index contributed by atoms with van der Waals surface area (Å²) in [6.45, 7) is 1.99. The Kier molecular flexibility index (Phi) is 4.97. The minimum absolute atomic E-state index is 0.154. The maximum absolute atomic E-state index is 13.1. The molecule has 8 heteroatoms. The van der Waals surface area contributed by atoms with Crippen molar-refractivity contribution in [2.24, 2.45) is 13.0 Å². The first-order valence-electron chi connectivity index (χ1n) is 7.37. The summed E-state index contributed by atoms with van der Waals surface area (Å²) in [5.74, 6) is -0.522. The van der Waals surface area contributed by atoms with Gasteiger partial charge in [-0.2, -0.15) is 18.3 Å². The second-order valence-corrected chi connectivity index (χ2v) is 5.77. The fourth-order valence-electron chi connectivity index (χ4n) is 2.84. The van der Waals surface area contributed by atoms with Gasteiger partial charge in [0.2, 0.25) is 0 Å². The minimum atomic E-state index is -4.42. The van der Waals surface area contributed by atoms with E-state index in [1.165, 1.54) is 0 Å². The Morgan fingerprint density at radius 2 is 2.09 bits per heavy atom. The molecule has 5 nitrogen and oxygen atoms in total. The van der Waals surface area contributed by atoms with E-state index in [9.17, 15) is 18.0 Å². The van der Waals surface area contributed by atoms with Crippen LogP contribution in [0.5, 0.6) is 0 Å². The van der Waals surface area contributed by atoms with Gasteiger partial charge in [0.25, 0.3) is 0 Å². The molecule has 0 spiro atoms. The number of hydrogen-bond donors (Lipinski definition) is 2. The Bertz CT molecular complexity index is 521. The lowest BCUT2D eigenvalue weighted by Crippen LogP contribution is -2.52. The third-order valence-electron chi connectivity index (χ3n) is 4.29. The zero-order valence-electron chi connectivity index (χ0n) is 12.7. The number of hydrogen-bond acceptors (Lipinski definition) is 2. The standard InChI is InChI=1S/C14H21F3N4O/c1-9-11(8-19-21(9)2)7-18-13(22)20-12(14(15,16)17)10-5-3-4-6-10/h8,10,12H,3-7H2,1-2H3,(H2,18,20,22)/t12-/m1/s1. The van der Waals surface area contributed by atoms with Crippen LogP contribution in [0.1, 0.15) is 36.9 Å². The summed E-state index contributed by atoms with van der Waals surface area (Å²) in [5.41, 5.74) is 1.64. The van der Waals surface area contributed by atoms with E-state index in [1.807, 2.05) is 6.92 Å². The number of nitrogens with zero attached hydrogens (tertiary/aromatic N) is 2. The number of halogens is 3. The molecule has 1 aliphatic carbocycles. The van der Waals surface area contributed by atoms with E-state index in [0.29, 0.717) is 12.8 Å². The highest BCUT2D eigenvalue weighted by Gasteiger charge is 2.46. The molecule has 2 amide bonds. The number of alkyl halides is 3. The molecule has 0 aliphatic heterocycles. The average molecular weight is 318 g/mol. The molecular weight excluding hydrogens is 297 g/mol. The van der Waals surface area contributed by atoms with Crippen molar-refractivity contribution >= 4 is 6.03 Å². The number of amides is 2. The van der Waals surface area contributed by atoms with Crippen molar-refractivity contribution in [3.05, 3.63) is 17.5 Å². The van der Waals surface area contributed by atoms with Crippen LogP contribution in [0.3, 0.4) is 0 Å². The lowest BCUT2D eigenvalue weighted by Gasteiger charge is -2.27. The maximum atomic E-state index is 13.1. The largest absolute Gasteiger partial charge is 0.408 e. The lowest BCUT2D eigenvalue weighted by molar-refractivity contribution is -0.164. The molecule has 22 heavy (non-hydrogen) atoms. The van der Waals surface area contributed by atoms with Gasteiger partial charge in [0.15, 0.2) is 0 Å². The van der Waals surface area contributed by atoms with Crippen molar-refractivity contribution in [3.63, 3.8) is 0 Å². The molecule has 1 atom stereocenters. The molecule has 0 saturated heterocycles. The van der Waals surface area contributed by atoms with Gasteiger partial charge in [-0.3, -0.25) is 4.68 Å². The quantitative estimate of drug-likeness (QED) is 0.896. The molecule has 124 valence electrons. The second-order valence-electron chi connectivity index (χ2n) is 5.77. The molecule has 2 N–H and O–H groups in total. The van der Waals surface area contributed by atoms with Crippen LogP contribution < -0.4 is 10.6 Å². The molecule has 1 heterocycles. The highest BCUT2D eigenvalue weighted by molar-refractivity contribution is 5.74. The van der Waals surface area contributed by atoms with Gasteiger partial charge < -0.3 is 10.6 Å². The average Bonchev–Trinajstić information content (AvgIpc) is 3.05. The smallest absolute Gasteiger partial charge is 0.334 e. The van der Waals surface area contributed by atoms with E-state index in [0.717, 1.165) is 24.1 Å². The Balaban J connectivity index is 1.92. The number of rotatable bonds is 4. The van der Waals surface area contributed by atoms with Gasteiger partial charge in [0, 0.05) is 24.8 Å². The van der Waals surface area contributed by atoms with Gasteiger partial charge in [0.05, 0.1) is 6.20 Å². The zero-order valence-corrected chi connectivity index (χ0v) is 12.7. The van der Waals surface area contributed by atoms with Crippen molar-refractivity contribution in [2.75, 3.05) is 0 Å². The Labute approximate surface area is 127 Å². The van der Waals surface area contributed by atoms with Crippen molar-refractivity contribution in [2.45, 2.75) is 51.4 Å². The molecule has 1 aromatic rings. The second kappa shape index (κ2) is 6.58. The molecule has 0 bridgehead atoms. The highest BCUT2D eigenvalue weighted by atomic mass is 19.4. The summed E-state index contributed by atoms with van der Waals surface area (Å²) >= 11 is 0. The predicted octanol–water partition coefficient (Wildman–Crippen LogP) is 2.65. The van der Waals surface area contributed by atoms with E-state index in [2.05, 4.69) is 15.7 Å². The molecule has 0 aromatic carbocycles. The third-order valence-corrected chi connectivity index (χ3v) is 4.29. The van der Waals surface area contributed by atoms with Gasteiger partial charge in [-0.15, -0.1) is 0 Å². The fourth-order valence-corrected chi connectivity index (χ4v) is 2.84. The highest BCUT2D eigenvalue weighted by Crippen LogP contribution is 2.35. The first kappa shape index (κ1) is 16.6. The summed E-state index contributed by atoms with van der Waals surface area (Å²) in [6, 6.07) is -2.57. The summed E-state index contributed by atoms with van der Waals surface area (Å²) < 4.78 is 41.0. The summed E-state index contributed by atoms with van der Waals surface area (Å²) in [5, 5.41) is 8.59. The molecule has 0 unspecified atom stereocenters. The number of aromatic nitrogens is 2. The predicted molar refractivity (Wildman–Crippen MR) is 75.1 cm³/mol. The summed E-state index contributed by atoms with van der Waals surface area (Å²) in [7, 11) is 1.76.